The molecule has 0 aliphatic heterocycles. The third kappa shape index (κ3) is 3.03. The zero-order chi connectivity index (χ0) is 7.98. The SMILES string of the molecule is CNC(=O)C(=O)NCCO. The fraction of sp³-hybridized carbons (Fsp3) is 0.600. The van der Waals surface area contributed by atoms with E-state index < -0.39 is 11.8 Å². The maximum Gasteiger partial charge on any atom is 0.309 e. The van der Waals surface area contributed by atoms with E-state index >= 15 is 0 Å². The van der Waals surface area contributed by atoms with Crippen molar-refractivity contribution in [3.05, 3.63) is 0 Å². The molecule has 0 aromatic carbocycles. The van der Waals surface area contributed by atoms with E-state index in [-0.39, 0.29) is 13.2 Å². The van der Waals surface area contributed by atoms with Crippen molar-refractivity contribution >= 4 is 11.8 Å². The topological polar surface area (TPSA) is 78.4 Å². The largest absolute Gasteiger partial charge is 0.395 e. The minimum absolute atomic E-state index is 0.103. The summed E-state index contributed by atoms with van der Waals surface area (Å²) >= 11 is 0. The molecule has 0 radical (unpaired) electrons. The van der Waals surface area contributed by atoms with Crippen LogP contribution in [0.1, 0.15) is 0 Å². The second-order valence-corrected chi connectivity index (χ2v) is 1.56. The first-order valence-electron chi connectivity index (χ1n) is 2.83. The molecule has 3 N–H and O–H groups in total. The number of rotatable bonds is 2. The number of hydrogen-bond acceptors (Lipinski definition) is 3. The van der Waals surface area contributed by atoms with Crippen LogP contribution in [0.4, 0.5) is 0 Å². The van der Waals surface area contributed by atoms with Gasteiger partial charge in [0.1, 0.15) is 0 Å². The molecule has 0 atom stereocenters. The van der Waals surface area contributed by atoms with E-state index in [1.165, 1.54) is 7.05 Å². The fourth-order valence-electron chi connectivity index (χ4n) is 0.363. The van der Waals surface area contributed by atoms with E-state index in [1.807, 2.05) is 0 Å². The summed E-state index contributed by atoms with van der Waals surface area (Å²) in [5.41, 5.74) is 0. The Bertz CT molecular complexity index is 135. The Labute approximate surface area is 58.4 Å². The molecular weight excluding hydrogens is 136 g/mol. The first-order chi connectivity index (χ1) is 4.72. The molecule has 0 unspecified atom stereocenters. The molecule has 2 amide bonds. The summed E-state index contributed by atoms with van der Waals surface area (Å²) in [6, 6.07) is 0. The van der Waals surface area contributed by atoms with Crippen LogP contribution in [0, 0.1) is 0 Å². The predicted octanol–water partition coefficient (Wildman–Crippen LogP) is -2.16. The van der Waals surface area contributed by atoms with Gasteiger partial charge in [-0.05, 0) is 0 Å². The van der Waals surface area contributed by atoms with Gasteiger partial charge in [0.2, 0.25) is 0 Å². The van der Waals surface area contributed by atoms with Gasteiger partial charge in [0.05, 0.1) is 6.61 Å². The van der Waals surface area contributed by atoms with Crippen molar-refractivity contribution in [1.29, 1.82) is 0 Å². The van der Waals surface area contributed by atoms with E-state index in [1.54, 1.807) is 0 Å². The van der Waals surface area contributed by atoms with Crippen LogP contribution in [-0.4, -0.2) is 37.1 Å². The van der Waals surface area contributed by atoms with Crippen molar-refractivity contribution in [3.8, 4) is 0 Å². The highest BCUT2D eigenvalue weighted by Gasteiger charge is 2.08. The first-order valence-corrected chi connectivity index (χ1v) is 2.83. The Balaban J connectivity index is 3.52. The van der Waals surface area contributed by atoms with Crippen molar-refractivity contribution < 1.29 is 14.7 Å². The van der Waals surface area contributed by atoms with Crippen molar-refractivity contribution in [3.63, 3.8) is 0 Å². The standard InChI is InChI=1S/C5H10N2O3/c1-6-4(9)5(10)7-2-3-8/h8H,2-3H2,1H3,(H,6,9)(H,7,10). The van der Waals surface area contributed by atoms with Gasteiger partial charge in [0, 0.05) is 13.6 Å². The molecule has 0 bridgehead atoms. The molecule has 0 spiro atoms. The Morgan fingerprint density at radius 2 is 2.00 bits per heavy atom. The van der Waals surface area contributed by atoms with Crippen molar-refractivity contribution in [2.45, 2.75) is 0 Å². The van der Waals surface area contributed by atoms with Crippen LogP contribution in [0.25, 0.3) is 0 Å². The molecule has 0 heterocycles. The number of aliphatic hydroxyl groups is 1. The minimum atomic E-state index is -0.725. The Hall–Kier alpha value is -1.10. The summed E-state index contributed by atoms with van der Waals surface area (Å²) in [7, 11) is 1.36. The zero-order valence-electron chi connectivity index (χ0n) is 5.68. The summed E-state index contributed by atoms with van der Waals surface area (Å²) in [6.07, 6.45) is 0. The lowest BCUT2D eigenvalue weighted by atomic mass is 10.5. The highest BCUT2D eigenvalue weighted by Crippen LogP contribution is 1.64. The van der Waals surface area contributed by atoms with Crippen LogP contribution in [0.2, 0.25) is 0 Å². The fourth-order valence-corrected chi connectivity index (χ4v) is 0.363. The lowest BCUT2D eigenvalue weighted by Gasteiger charge is -1.99. The normalized spacial score (nSPS) is 8.60. The lowest BCUT2D eigenvalue weighted by molar-refractivity contribution is -0.138. The molecule has 5 heteroatoms. The molecule has 58 valence electrons. The number of amides is 2. The molecule has 5 nitrogen and oxygen atoms in total. The molecule has 0 saturated heterocycles. The van der Waals surface area contributed by atoms with E-state index in [0.717, 1.165) is 0 Å². The van der Waals surface area contributed by atoms with Gasteiger partial charge in [-0.25, -0.2) is 0 Å². The maximum atomic E-state index is 10.5. The van der Waals surface area contributed by atoms with E-state index in [4.69, 9.17) is 5.11 Å². The molecule has 0 aliphatic carbocycles. The second-order valence-electron chi connectivity index (χ2n) is 1.56. The van der Waals surface area contributed by atoms with Gasteiger partial charge in [-0.2, -0.15) is 0 Å². The van der Waals surface area contributed by atoms with Crippen molar-refractivity contribution in [2.75, 3.05) is 20.2 Å². The number of likely N-dealkylation sites (N-methyl/N-ethyl adjacent to an activating group) is 1. The Morgan fingerprint density at radius 1 is 1.40 bits per heavy atom. The maximum absolute atomic E-state index is 10.5. The molecule has 0 aromatic rings. The monoisotopic (exact) mass is 146 g/mol. The molecule has 0 fully saturated rings. The summed E-state index contributed by atoms with van der Waals surface area (Å²) in [6.45, 7) is -0.0605. The van der Waals surface area contributed by atoms with Gasteiger partial charge in [0.25, 0.3) is 0 Å². The number of hydrogen-bond donors (Lipinski definition) is 3. The summed E-state index contributed by atoms with van der Waals surface area (Å²) in [5, 5.41) is 12.5. The average molecular weight is 146 g/mol. The Morgan fingerprint density at radius 3 is 2.40 bits per heavy atom. The smallest absolute Gasteiger partial charge is 0.309 e. The highest BCUT2D eigenvalue weighted by molar-refractivity contribution is 6.34. The number of carbonyl (C=O) groups is 2. The number of carbonyl (C=O) groups excluding carboxylic acids is 2. The first kappa shape index (κ1) is 8.90. The molecule has 0 rings (SSSR count). The molecule has 0 aromatic heterocycles. The molecular formula is C5H10N2O3. The Kier molecular flexibility index (Phi) is 4.23. The van der Waals surface area contributed by atoms with Gasteiger partial charge < -0.3 is 15.7 Å². The van der Waals surface area contributed by atoms with Crippen LogP contribution in [-0.2, 0) is 9.59 Å². The predicted molar refractivity (Wildman–Crippen MR) is 34.2 cm³/mol. The number of aliphatic hydroxyl groups excluding tert-OH is 1. The van der Waals surface area contributed by atoms with Gasteiger partial charge in [-0.15, -0.1) is 0 Å². The van der Waals surface area contributed by atoms with Crippen LogP contribution < -0.4 is 10.6 Å². The average Bonchev–Trinajstić information content (AvgIpc) is 1.98. The van der Waals surface area contributed by atoms with E-state index in [9.17, 15) is 9.59 Å². The van der Waals surface area contributed by atoms with Crippen LogP contribution in [0.5, 0.6) is 0 Å². The summed E-state index contributed by atoms with van der Waals surface area (Å²) in [4.78, 5) is 20.9. The molecule has 0 saturated carbocycles. The van der Waals surface area contributed by atoms with Gasteiger partial charge in [0.15, 0.2) is 0 Å². The zero-order valence-corrected chi connectivity index (χ0v) is 5.68. The lowest BCUT2D eigenvalue weighted by Crippen LogP contribution is -2.39. The van der Waals surface area contributed by atoms with Gasteiger partial charge >= 0.3 is 11.8 Å². The van der Waals surface area contributed by atoms with Crippen LogP contribution in [0.15, 0.2) is 0 Å². The van der Waals surface area contributed by atoms with Gasteiger partial charge in [-0.3, -0.25) is 9.59 Å². The second kappa shape index (κ2) is 4.75. The third-order valence-electron chi connectivity index (χ3n) is 0.831. The number of nitrogens with one attached hydrogen (secondary N) is 2. The summed E-state index contributed by atoms with van der Waals surface area (Å²) in [5.74, 6) is -1.43. The van der Waals surface area contributed by atoms with E-state index in [2.05, 4.69) is 10.6 Å². The quantitative estimate of drug-likeness (QED) is 0.388. The molecule has 10 heavy (non-hydrogen) atoms. The molecule has 0 aliphatic rings. The van der Waals surface area contributed by atoms with Crippen molar-refractivity contribution in [1.82, 2.24) is 10.6 Å². The third-order valence-corrected chi connectivity index (χ3v) is 0.831. The highest BCUT2D eigenvalue weighted by atomic mass is 16.3. The van der Waals surface area contributed by atoms with Crippen molar-refractivity contribution in [2.24, 2.45) is 0 Å². The van der Waals surface area contributed by atoms with Crippen LogP contribution in [0.3, 0.4) is 0 Å². The van der Waals surface area contributed by atoms with Gasteiger partial charge in [-0.1, -0.05) is 0 Å². The summed E-state index contributed by atoms with van der Waals surface area (Å²) < 4.78 is 0. The minimum Gasteiger partial charge on any atom is -0.395 e. The van der Waals surface area contributed by atoms with Crippen LogP contribution >= 0.6 is 0 Å². The van der Waals surface area contributed by atoms with E-state index in [0.29, 0.717) is 0 Å².